The van der Waals surface area contributed by atoms with E-state index in [0.717, 1.165) is 12.8 Å². The molecule has 4 heteroatoms. The molecule has 2 rings (SSSR count). The second-order valence-electron chi connectivity index (χ2n) is 2.45. The van der Waals surface area contributed by atoms with E-state index in [1.807, 2.05) is 0 Å². The minimum absolute atomic E-state index is 0.0679. The Bertz CT molecular complexity index is 130. The topological polar surface area (TPSA) is 54.5 Å². The maximum Gasteiger partial charge on any atom is 0.342 e. The minimum Gasteiger partial charge on any atom is -0.396 e. The highest BCUT2D eigenvalue weighted by Gasteiger charge is 2.80. The Labute approximate surface area is 58.7 Å². The van der Waals surface area contributed by atoms with Crippen molar-refractivity contribution >= 4 is 0 Å². The van der Waals surface area contributed by atoms with Crippen LogP contribution in [-0.4, -0.2) is 30.6 Å². The maximum atomic E-state index is 8.40. The van der Waals surface area contributed by atoms with E-state index in [9.17, 15) is 0 Å². The van der Waals surface area contributed by atoms with E-state index in [1.54, 1.807) is 0 Å². The number of aliphatic hydroxyl groups excluding tert-OH is 1. The summed E-state index contributed by atoms with van der Waals surface area (Å²) in [5.74, 6) is -0.616. The monoisotopic (exact) mass is 146 g/mol. The number of fused-ring (bicyclic) bond motifs is 1. The smallest absolute Gasteiger partial charge is 0.342 e. The van der Waals surface area contributed by atoms with Crippen LogP contribution in [0.2, 0.25) is 0 Å². The molecule has 0 saturated carbocycles. The van der Waals surface area contributed by atoms with Crippen molar-refractivity contribution in [2.75, 3.05) is 13.2 Å². The zero-order valence-electron chi connectivity index (χ0n) is 5.58. The van der Waals surface area contributed by atoms with Gasteiger partial charge in [-0.15, -0.1) is 0 Å². The molecule has 2 saturated heterocycles. The van der Waals surface area contributed by atoms with E-state index < -0.39 is 5.97 Å². The molecule has 2 aliphatic rings. The van der Waals surface area contributed by atoms with Gasteiger partial charge in [0, 0.05) is 6.61 Å². The molecule has 0 aromatic rings. The normalized spacial score (nSPS) is 41.1. The highest BCUT2D eigenvalue weighted by molar-refractivity contribution is 4.93. The first-order chi connectivity index (χ1) is 4.87. The second kappa shape index (κ2) is 2.17. The van der Waals surface area contributed by atoms with E-state index >= 15 is 0 Å². The van der Waals surface area contributed by atoms with Gasteiger partial charge in [0.15, 0.2) is 0 Å². The first-order valence-electron chi connectivity index (χ1n) is 3.48. The molecular weight excluding hydrogens is 136 g/mol. The molecule has 10 heavy (non-hydrogen) atoms. The van der Waals surface area contributed by atoms with Gasteiger partial charge in [-0.05, 0) is 12.8 Å². The Morgan fingerprint density at radius 1 is 1.40 bits per heavy atom. The third-order valence-electron chi connectivity index (χ3n) is 1.57. The van der Waals surface area contributed by atoms with Crippen LogP contribution in [0.1, 0.15) is 12.8 Å². The van der Waals surface area contributed by atoms with E-state index in [4.69, 9.17) is 19.3 Å². The predicted octanol–water partition coefficient (Wildman–Crippen LogP) is -0.184. The standard InChI is InChI=1S/C6H10O4/c7-3-1-2-4-8-6-5(9-6)10-6/h5,7H,1-4H2. The first kappa shape index (κ1) is 6.54. The van der Waals surface area contributed by atoms with Crippen LogP contribution in [-0.2, 0) is 14.2 Å². The van der Waals surface area contributed by atoms with Crippen molar-refractivity contribution < 1.29 is 19.3 Å². The molecule has 2 aliphatic heterocycles. The fourth-order valence-corrected chi connectivity index (χ4v) is 0.804. The van der Waals surface area contributed by atoms with Crippen LogP contribution in [0.5, 0.6) is 0 Å². The van der Waals surface area contributed by atoms with Crippen molar-refractivity contribution in [1.82, 2.24) is 0 Å². The zero-order valence-corrected chi connectivity index (χ0v) is 5.58. The fourth-order valence-electron chi connectivity index (χ4n) is 0.804. The summed E-state index contributed by atoms with van der Waals surface area (Å²) >= 11 is 0. The van der Waals surface area contributed by atoms with E-state index in [2.05, 4.69) is 0 Å². The van der Waals surface area contributed by atoms with Gasteiger partial charge in [0.25, 0.3) is 6.29 Å². The summed E-state index contributed by atoms with van der Waals surface area (Å²) in [6.45, 7) is 0.832. The van der Waals surface area contributed by atoms with Crippen LogP contribution in [0.15, 0.2) is 0 Å². The molecule has 0 radical (unpaired) electrons. The molecule has 0 bridgehead atoms. The van der Waals surface area contributed by atoms with Gasteiger partial charge in [-0.1, -0.05) is 0 Å². The van der Waals surface area contributed by atoms with Crippen LogP contribution in [0.3, 0.4) is 0 Å². The van der Waals surface area contributed by atoms with Gasteiger partial charge in [0.2, 0.25) is 0 Å². The van der Waals surface area contributed by atoms with Gasteiger partial charge in [-0.2, -0.15) is 0 Å². The van der Waals surface area contributed by atoms with E-state index in [1.165, 1.54) is 0 Å². The number of ether oxygens (including phenoxy) is 3. The van der Waals surface area contributed by atoms with Crippen LogP contribution in [0, 0.1) is 0 Å². The van der Waals surface area contributed by atoms with E-state index in [0.29, 0.717) is 6.61 Å². The lowest BCUT2D eigenvalue weighted by Gasteiger charge is -2.00. The summed E-state index contributed by atoms with van der Waals surface area (Å²) in [7, 11) is 0. The summed E-state index contributed by atoms with van der Waals surface area (Å²) in [4.78, 5) is 0. The second-order valence-corrected chi connectivity index (χ2v) is 2.45. The number of unbranched alkanes of at least 4 members (excludes halogenated alkanes) is 1. The van der Waals surface area contributed by atoms with Gasteiger partial charge in [0.1, 0.15) is 0 Å². The molecule has 0 spiro atoms. The average molecular weight is 146 g/mol. The van der Waals surface area contributed by atoms with Crippen molar-refractivity contribution in [1.29, 1.82) is 0 Å². The van der Waals surface area contributed by atoms with Gasteiger partial charge in [-0.25, -0.2) is 0 Å². The number of hydrogen-bond acceptors (Lipinski definition) is 4. The van der Waals surface area contributed by atoms with E-state index in [-0.39, 0.29) is 12.9 Å². The Balaban J connectivity index is 1.49. The third-order valence-corrected chi connectivity index (χ3v) is 1.57. The molecule has 58 valence electrons. The van der Waals surface area contributed by atoms with Gasteiger partial charge in [0.05, 0.1) is 6.61 Å². The van der Waals surface area contributed by atoms with Crippen LogP contribution in [0.4, 0.5) is 0 Å². The molecule has 0 atom stereocenters. The van der Waals surface area contributed by atoms with Crippen molar-refractivity contribution in [2.45, 2.75) is 25.1 Å². The summed E-state index contributed by atoms with van der Waals surface area (Å²) in [5, 5.41) is 8.40. The largest absolute Gasteiger partial charge is 0.396 e. The Kier molecular flexibility index (Phi) is 1.42. The molecule has 0 aromatic heterocycles. The van der Waals surface area contributed by atoms with Crippen molar-refractivity contribution in [2.24, 2.45) is 0 Å². The average Bonchev–Trinajstić information content (AvgIpc) is 2.67. The van der Waals surface area contributed by atoms with Crippen LogP contribution in [0.25, 0.3) is 0 Å². The third kappa shape index (κ3) is 1.03. The van der Waals surface area contributed by atoms with Gasteiger partial charge in [-0.3, -0.25) is 9.47 Å². The van der Waals surface area contributed by atoms with Crippen LogP contribution >= 0.6 is 0 Å². The zero-order chi connectivity index (χ0) is 7.03. The number of hydrogen-bond donors (Lipinski definition) is 1. The molecule has 2 heterocycles. The van der Waals surface area contributed by atoms with Crippen molar-refractivity contribution in [3.05, 3.63) is 0 Å². The lowest BCUT2D eigenvalue weighted by atomic mass is 10.3. The fraction of sp³-hybridized carbons (Fsp3) is 1.00. The SMILES string of the molecule is OCCCCOC12OC1O2. The highest BCUT2D eigenvalue weighted by Crippen LogP contribution is 2.56. The lowest BCUT2D eigenvalue weighted by molar-refractivity contribution is -0.195. The Morgan fingerprint density at radius 3 is 2.60 bits per heavy atom. The van der Waals surface area contributed by atoms with Gasteiger partial charge < -0.3 is 9.84 Å². The summed E-state index contributed by atoms with van der Waals surface area (Å²) in [6.07, 6.45) is 1.57. The number of epoxide rings is 2. The van der Waals surface area contributed by atoms with Crippen molar-refractivity contribution in [3.63, 3.8) is 0 Å². The molecule has 0 unspecified atom stereocenters. The molecule has 0 amide bonds. The van der Waals surface area contributed by atoms with Crippen LogP contribution < -0.4 is 0 Å². The highest BCUT2D eigenvalue weighted by atomic mass is 17.1. The lowest BCUT2D eigenvalue weighted by Crippen LogP contribution is -2.06. The molecule has 0 aromatic carbocycles. The molecule has 2 fully saturated rings. The number of aliphatic hydroxyl groups is 1. The van der Waals surface area contributed by atoms with Gasteiger partial charge >= 0.3 is 5.97 Å². The maximum absolute atomic E-state index is 8.40. The summed E-state index contributed by atoms with van der Waals surface area (Å²) in [5.41, 5.74) is 0. The number of rotatable bonds is 5. The van der Waals surface area contributed by atoms with Crippen molar-refractivity contribution in [3.8, 4) is 0 Å². The first-order valence-corrected chi connectivity index (χ1v) is 3.48. The molecule has 1 N–H and O–H groups in total. The molecule has 4 nitrogen and oxygen atoms in total. The quantitative estimate of drug-likeness (QED) is 0.431. The Hall–Kier alpha value is -0.160. The minimum atomic E-state index is -0.616. The summed E-state index contributed by atoms with van der Waals surface area (Å²) in [6, 6.07) is 0. The Morgan fingerprint density at radius 2 is 2.10 bits per heavy atom. The summed E-state index contributed by atoms with van der Waals surface area (Å²) < 4.78 is 14.9. The molecule has 0 aliphatic carbocycles. The predicted molar refractivity (Wildman–Crippen MR) is 31.0 cm³/mol. The molecular formula is C6H10O4.